The average Bonchev–Trinajstić information content (AvgIpc) is 3.44. The van der Waals surface area contributed by atoms with Gasteiger partial charge in [-0.2, -0.15) is 0 Å². The third-order valence-electron chi connectivity index (χ3n) is 6.86. The van der Waals surface area contributed by atoms with E-state index in [4.69, 9.17) is 51.1 Å². The van der Waals surface area contributed by atoms with Gasteiger partial charge in [0.1, 0.15) is 0 Å². The van der Waals surface area contributed by atoms with Crippen molar-refractivity contribution < 1.29 is 23.9 Å². The second kappa shape index (κ2) is 9.28. The first kappa shape index (κ1) is 24.4. The van der Waals surface area contributed by atoms with Gasteiger partial charge >= 0.3 is 5.97 Å². The minimum absolute atomic E-state index is 0.0853. The van der Waals surface area contributed by atoms with Crippen LogP contribution in [0.5, 0.6) is 0 Å². The number of fused-ring (bicyclic) bond motifs is 5. The molecule has 2 aliphatic carbocycles. The number of nitrogens with zero attached hydrogens (tertiary/aromatic N) is 1. The van der Waals surface area contributed by atoms with Gasteiger partial charge in [0.05, 0.1) is 44.6 Å². The third kappa shape index (κ3) is 4.18. The van der Waals surface area contributed by atoms with Crippen LogP contribution < -0.4 is 10.2 Å². The van der Waals surface area contributed by atoms with Gasteiger partial charge in [-0.05, 0) is 54.7 Å². The number of hydrogen-bond donors (Lipinski definition) is 1. The molecule has 5 rings (SSSR count). The van der Waals surface area contributed by atoms with Crippen LogP contribution in [-0.4, -0.2) is 41.1 Å². The summed E-state index contributed by atoms with van der Waals surface area (Å²) in [5.41, 5.74) is 0.629. The predicted octanol–water partition coefficient (Wildman–Crippen LogP) is 4.76. The maximum Gasteiger partial charge on any atom is 0.338 e. The summed E-state index contributed by atoms with van der Waals surface area (Å²) in [6.45, 7) is -0.574. The minimum Gasteiger partial charge on any atom is -0.452 e. The lowest BCUT2D eigenvalue weighted by molar-refractivity contribution is -0.123. The number of halogens is 4. The highest BCUT2D eigenvalue weighted by Crippen LogP contribution is 2.59. The molecule has 3 aliphatic rings. The zero-order chi connectivity index (χ0) is 25.0. The normalized spacial score (nSPS) is 28.9. The number of nitrogens with one attached hydrogen (secondary N) is 1. The Morgan fingerprint density at radius 3 is 2.29 bits per heavy atom. The number of ether oxygens (including phenoxy) is 1. The molecule has 11 heteroatoms. The van der Waals surface area contributed by atoms with E-state index in [2.05, 4.69) is 5.32 Å². The van der Waals surface area contributed by atoms with Crippen LogP contribution in [0.1, 0.15) is 16.8 Å². The Morgan fingerprint density at radius 1 is 0.971 bits per heavy atom. The van der Waals surface area contributed by atoms with Crippen molar-refractivity contribution in [1.82, 2.24) is 0 Å². The molecule has 7 nitrogen and oxygen atoms in total. The minimum atomic E-state index is -0.791. The van der Waals surface area contributed by atoms with Crippen molar-refractivity contribution in [2.24, 2.45) is 23.7 Å². The topological polar surface area (TPSA) is 92.8 Å². The lowest BCUT2D eigenvalue weighted by Crippen LogP contribution is -2.37. The van der Waals surface area contributed by atoms with Gasteiger partial charge in [0.15, 0.2) is 6.61 Å². The van der Waals surface area contributed by atoms with Crippen molar-refractivity contribution in [1.29, 1.82) is 0 Å². The Kier molecular flexibility index (Phi) is 6.46. The Balaban J connectivity index is 1.27. The molecule has 6 atom stereocenters. The summed E-state index contributed by atoms with van der Waals surface area (Å²) in [6.07, 6.45) is 0.664. The molecule has 0 unspecified atom stereocenters. The number of carbonyl (C=O) groups is 4. The zero-order valence-electron chi connectivity index (χ0n) is 17.9. The fourth-order valence-corrected chi connectivity index (χ4v) is 6.60. The van der Waals surface area contributed by atoms with Gasteiger partial charge in [0, 0.05) is 5.02 Å². The van der Waals surface area contributed by atoms with Crippen LogP contribution in [0.3, 0.4) is 0 Å². The number of amides is 3. The number of benzene rings is 2. The monoisotopic (exact) mass is 554 g/mol. The molecule has 1 saturated heterocycles. The van der Waals surface area contributed by atoms with Crippen LogP contribution in [0.25, 0.3) is 0 Å². The summed E-state index contributed by atoms with van der Waals surface area (Å²) in [4.78, 5) is 52.2. The van der Waals surface area contributed by atoms with Gasteiger partial charge in [-0.3, -0.25) is 19.3 Å². The van der Waals surface area contributed by atoms with Crippen molar-refractivity contribution >= 4 is 81.5 Å². The van der Waals surface area contributed by atoms with Crippen molar-refractivity contribution in [3.8, 4) is 0 Å². The molecular weight excluding hydrogens is 538 g/mol. The molecule has 3 fully saturated rings. The first-order chi connectivity index (χ1) is 16.7. The number of rotatable bonds is 5. The molecule has 3 amide bonds. The van der Waals surface area contributed by atoms with Gasteiger partial charge in [0.2, 0.25) is 11.8 Å². The molecule has 35 heavy (non-hydrogen) atoms. The number of carbonyl (C=O) groups excluding carboxylic acids is 4. The Bertz CT molecular complexity index is 1220. The summed E-state index contributed by atoms with van der Waals surface area (Å²) in [6, 6.07) is 10.5. The maximum absolute atomic E-state index is 13.2. The molecule has 1 aliphatic heterocycles. The van der Waals surface area contributed by atoms with Crippen molar-refractivity contribution in [3.63, 3.8) is 0 Å². The van der Waals surface area contributed by atoms with E-state index >= 15 is 0 Å². The van der Waals surface area contributed by atoms with Gasteiger partial charge in [0.25, 0.3) is 5.91 Å². The highest BCUT2D eigenvalue weighted by atomic mass is 35.5. The second-order valence-electron chi connectivity index (χ2n) is 8.81. The molecule has 1 heterocycles. The summed E-state index contributed by atoms with van der Waals surface area (Å²) in [7, 11) is 0. The van der Waals surface area contributed by atoms with Crippen molar-refractivity contribution in [3.05, 3.63) is 58.1 Å². The van der Waals surface area contributed by atoms with E-state index in [-0.39, 0.29) is 56.4 Å². The molecule has 0 aromatic heterocycles. The molecule has 2 bridgehead atoms. The largest absolute Gasteiger partial charge is 0.452 e. The Hall–Kier alpha value is -2.32. The first-order valence-corrected chi connectivity index (χ1v) is 12.5. The fraction of sp³-hybridized carbons (Fsp3) is 0.333. The van der Waals surface area contributed by atoms with E-state index in [0.717, 1.165) is 4.90 Å². The molecule has 2 saturated carbocycles. The number of imide groups is 1. The highest BCUT2D eigenvalue weighted by Gasteiger charge is 2.66. The van der Waals surface area contributed by atoms with Crippen LogP contribution >= 0.6 is 46.4 Å². The van der Waals surface area contributed by atoms with Gasteiger partial charge in [-0.1, -0.05) is 29.3 Å². The Morgan fingerprint density at radius 2 is 1.63 bits per heavy atom. The number of hydrogen-bond acceptors (Lipinski definition) is 5. The van der Waals surface area contributed by atoms with Gasteiger partial charge in [-0.15, -0.1) is 23.2 Å². The highest BCUT2D eigenvalue weighted by molar-refractivity contribution is 6.35. The molecular formula is C24H18Cl4N2O5. The van der Waals surface area contributed by atoms with Crippen molar-refractivity contribution in [2.75, 3.05) is 16.8 Å². The lowest BCUT2D eigenvalue weighted by atomic mass is 9.80. The number of anilines is 2. The van der Waals surface area contributed by atoms with E-state index in [9.17, 15) is 19.2 Å². The van der Waals surface area contributed by atoms with Gasteiger partial charge < -0.3 is 10.1 Å². The molecule has 0 radical (unpaired) electrons. The lowest BCUT2D eigenvalue weighted by Gasteiger charge is -2.28. The smallest absolute Gasteiger partial charge is 0.338 e. The van der Waals surface area contributed by atoms with E-state index in [1.807, 2.05) is 0 Å². The molecule has 2 aromatic rings. The van der Waals surface area contributed by atoms with E-state index in [1.54, 1.807) is 12.1 Å². The standard InChI is InChI=1S/C24H18Cl4N2O5/c25-11-4-5-15(26)16(7-11)29-17(31)9-35-24(34)10-2-1-3-12(6-10)30-22(32)18-13-8-14(19(18)23(30)33)21(28)20(13)27/h1-7,13-14,18-21H,8-9H2,(H,29,31)/t13-,14-,18-,19+,20+,21+/m1/s1. The van der Waals surface area contributed by atoms with Crippen LogP contribution in [0.4, 0.5) is 11.4 Å². The van der Waals surface area contributed by atoms with Crippen molar-refractivity contribution in [2.45, 2.75) is 17.2 Å². The van der Waals surface area contributed by atoms with E-state index in [0.29, 0.717) is 11.4 Å². The third-order valence-corrected chi connectivity index (χ3v) is 8.75. The predicted molar refractivity (Wildman–Crippen MR) is 132 cm³/mol. The fourth-order valence-electron chi connectivity index (χ4n) is 5.37. The summed E-state index contributed by atoms with van der Waals surface area (Å²) in [5.74, 6) is -3.34. The molecule has 182 valence electrons. The first-order valence-electron chi connectivity index (χ1n) is 10.9. The summed E-state index contributed by atoms with van der Waals surface area (Å²) < 4.78 is 5.10. The quantitative estimate of drug-likeness (QED) is 0.326. The molecule has 1 N–H and O–H groups in total. The van der Waals surface area contributed by atoms with E-state index < -0.39 is 30.3 Å². The van der Waals surface area contributed by atoms with E-state index in [1.165, 1.54) is 30.3 Å². The average molecular weight is 556 g/mol. The molecule has 0 spiro atoms. The van der Waals surface area contributed by atoms with Crippen LogP contribution in [0.15, 0.2) is 42.5 Å². The number of esters is 1. The Labute approximate surface area is 220 Å². The summed E-state index contributed by atoms with van der Waals surface area (Å²) in [5, 5.41) is 2.47. The number of alkyl halides is 2. The maximum atomic E-state index is 13.2. The molecule has 2 aromatic carbocycles. The van der Waals surface area contributed by atoms with Crippen LogP contribution in [0, 0.1) is 23.7 Å². The zero-order valence-corrected chi connectivity index (χ0v) is 20.9. The second-order valence-corrected chi connectivity index (χ2v) is 10.7. The van der Waals surface area contributed by atoms with Crippen LogP contribution in [-0.2, 0) is 19.1 Å². The SMILES string of the molecule is O=C(COC(=O)c1cccc(N2C(=O)[C@@H]3[C@H]4C[C@@H]([C@H](Cl)[C@H]4Cl)[C@@H]3C2=O)c1)Nc1cc(Cl)ccc1Cl. The van der Waals surface area contributed by atoms with Gasteiger partial charge in [-0.25, -0.2) is 4.79 Å². The van der Waals surface area contributed by atoms with Crippen LogP contribution in [0.2, 0.25) is 10.0 Å². The summed E-state index contributed by atoms with van der Waals surface area (Å²) >= 11 is 24.7.